The van der Waals surface area contributed by atoms with Crippen LogP contribution in [0.3, 0.4) is 0 Å². The summed E-state index contributed by atoms with van der Waals surface area (Å²) in [7, 11) is 0. The van der Waals surface area contributed by atoms with Crippen LogP contribution in [0.15, 0.2) is 35.4 Å². The van der Waals surface area contributed by atoms with Crippen molar-refractivity contribution in [1.29, 1.82) is 0 Å². The van der Waals surface area contributed by atoms with Crippen LogP contribution in [-0.4, -0.2) is 28.5 Å². The molecule has 1 aromatic rings. The van der Waals surface area contributed by atoms with Crippen LogP contribution in [0.2, 0.25) is 0 Å². The minimum absolute atomic E-state index is 0.0132. The van der Waals surface area contributed by atoms with Crippen molar-refractivity contribution in [2.24, 2.45) is 74.9 Å². The van der Waals surface area contributed by atoms with Crippen LogP contribution in [0.5, 0.6) is 0 Å². The monoisotopic (exact) mass is 765 g/mol. The van der Waals surface area contributed by atoms with Crippen molar-refractivity contribution in [3.63, 3.8) is 0 Å². The van der Waals surface area contributed by atoms with Gasteiger partial charge in [0.2, 0.25) is 5.91 Å². The number of allylic oxidation sites excluding steroid dienone is 2. The molecule has 55 heavy (non-hydrogen) atoms. The van der Waals surface area contributed by atoms with Crippen molar-refractivity contribution in [3.8, 4) is 0 Å². The summed E-state index contributed by atoms with van der Waals surface area (Å²) in [6, 6.07) is 4.90. The lowest BCUT2D eigenvalue weighted by atomic mass is 9.35. The van der Waals surface area contributed by atoms with Gasteiger partial charge in [-0.05, 0) is 139 Å². The van der Waals surface area contributed by atoms with Crippen LogP contribution in [-0.2, 0) is 31.9 Å². The Morgan fingerprint density at radius 2 is 1.56 bits per heavy atom. The molecule has 0 radical (unpaired) electrons. The number of Topliss-reactive ketones (excluding diaryl/α,β-unsaturated/α-hetero) is 2. The van der Waals surface area contributed by atoms with Crippen LogP contribution in [0.25, 0.3) is 0 Å². The van der Waals surface area contributed by atoms with E-state index >= 15 is 0 Å². The van der Waals surface area contributed by atoms with Gasteiger partial charge in [-0.25, -0.2) is 0 Å². The van der Waals surface area contributed by atoms with Gasteiger partial charge in [0.1, 0.15) is 5.78 Å². The number of halogens is 3. The van der Waals surface area contributed by atoms with E-state index in [1.54, 1.807) is 0 Å². The minimum Gasteiger partial charge on any atom is -0.481 e. The molecular weight excluding hydrogens is 704 g/mol. The SMILES string of the molecule is CC(C)C1=C2C3CCC4C(C)(CCC5C(C)(C)C(CC(=O)C6CC(C(=O)O)C6C)CCC54C)C3CCC2(CC(=O)NCc2ccc(C(F)(F)F)cc2)CC1=O. The summed E-state index contributed by atoms with van der Waals surface area (Å²) in [5.74, 6) is 0.901. The molecule has 6 aliphatic carbocycles. The average molecular weight is 766 g/mol. The van der Waals surface area contributed by atoms with Crippen LogP contribution in [0.1, 0.15) is 137 Å². The third kappa shape index (κ3) is 6.53. The fraction of sp³-hybridized carbons (Fsp3) is 0.739. The zero-order valence-corrected chi connectivity index (χ0v) is 33.9. The number of carbonyl (C=O) groups is 4. The summed E-state index contributed by atoms with van der Waals surface area (Å²) in [4.78, 5) is 52.8. The normalized spacial score (nSPS) is 39.4. The number of ketones is 2. The first-order valence-electron chi connectivity index (χ1n) is 21.1. The number of hydrogen-bond acceptors (Lipinski definition) is 4. The van der Waals surface area contributed by atoms with E-state index in [-0.39, 0.29) is 70.4 Å². The van der Waals surface area contributed by atoms with E-state index in [2.05, 4.69) is 46.9 Å². The third-order valence-electron chi connectivity index (χ3n) is 17.2. The van der Waals surface area contributed by atoms with E-state index in [0.717, 1.165) is 69.1 Å². The molecule has 11 atom stereocenters. The fourth-order valence-electron chi connectivity index (χ4n) is 14.4. The van der Waals surface area contributed by atoms with Gasteiger partial charge in [0.15, 0.2) is 5.78 Å². The number of hydrogen-bond donors (Lipinski definition) is 2. The summed E-state index contributed by atoms with van der Waals surface area (Å²) in [5, 5.41) is 12.5. The molecule has 0 heterocycles. The van der Waals surface area contributed by atoms with Crippen molar-refractivity contribution in [2.75, 3.05) is 0 Å². The average Bonchev–Trinajstić information content (AvgIpc) is 3.39. The minimum atomic E-state index is -4.41. The zero-order valence-electron chi connectivity index (χ0n) is 33.9. The molecule has 11 unspecified atom stereocenters. The molecule has 5 fully saturated rings. The van der Waals surface area contributed by atoms with E-state index < -0.39 is 29.0 Å². The zero-order chi connectivity index (χ0) is 40.0. The summed E-state index contributed by atoms with van der Waals surface area (Å²) >= 11 is 0. The molecule has 6 nitrogen and oxygen atoms in total. The van der Waals surface area contributed by atoms with E-state index in [0.29, 0.717) is 48.5 Å². The number of alkyl halides is 3. The number of amides is 1. The van der Waals surface area contributed by atoms with Crippen molar-refractivity contribution in [3.05, 3.63) is 46.5 Å². The Balaban J connectivity index is 1.08. The number of fused-ring (bicyclic) bond motifs is 7. The number of carboxylic acid groups (broad SMARTS) is 1. The molecule has 0 aromatic heterocycles. The van der Waals surface area contributed by atoms with Crippen molar-refractivity contribution < 1.29 is 37.5 Å². The molecular formula is C46H62F3NO5. The standard InChI is InChI=1S/C46H62F3NO5/c1-25(2)39-35(52)22-45(23-38(53)50-24-27-8-10-28(11-9-27)46(47,48)49)19-15-33-30(40(39)45)12-13-37-43(33,6)18-16-36-42(4,5)29(14-17-44(36,37)7)20-34(51)31-21-32(26(31)3)41(54)55/h8-11,25-26,29-33,36-37H,12-24H2,1-7H3,(H,50,53)(H,54,55). The second-order valence-corrected chi connectivity index (χ2v) is 20.4. The highest BCUT2D eigenvalue weighted by Gasteiger charge is 2.66. The van der Waals surface area contributed by atoms with Gasteiger partial charge in [-0.2, -0.15) is 13.2 Å². The molecule has 7 rings (SSSR count). The Bertz CT molecular complexity index is 1760. The Kier molecular flexibility index (Phi) is 10.1. The summed E-state index contributed by atoms with van der Waals surface area (Å²) in [6.45, 7) is 16.1. The Morgan fingerprint density at radius 3 is 2.18 bits per heavy atom. The quantitative estimate of drug-likeness (QED) is 0.261. The van der Waals surface area contributed by atoms with E-state index in [9.17, 15) is 37.5 Å². The number of carbonyl (C=O) groups excluding carboxylic acids is 3. The van der Waals surface area contributed by atoms with Crippen LogP contribution >= 0.6 is 0 Å². The first kappa shape index (κ1) is 40.2. The van der Waals surface area contributed by atoms with Gasteiger partial charge in [-0.3, -0.25) is 19.2 Å². The predicted octanol–water partition coefficient (Wildman–Crippen LogP) is 10.2. The van der Waals surface area contributed by atoms with Gasteiger partial charge in [0.25, 0.3) is 0 Å². The highest BCUT2D eigenvalue weighted by Crippen LogP contribution is 2.74. The number of rotatable bonds is 9. The molecule has 0 spiro atoms. The molecule has 0 bridgehead atoms. The largest absolute Gasteiger partial charge is 0.481 e. The molecule has 6 aliphatic rings. The third-order valence-corrected chi connectivity index (χ3v) is 17.2. The topological polar surface area (TPSA) is 101 Å². The van der Waals surface area contributed by atoms with E-state index in [1.807, 2.05) is 6.92 Å². The molecule has 302 valence electrons. The number of carboxylic acids is 1. The summed E-state index contributed by atoms with van der Waals surface area (Å²) < 4.78 is 39.3. The lowest BCUT2D eigenvalue weighted by Crippen LogP contribution is -2.62. The first-order valence-corrected chi connectivity index (χ1v) is 21.1. The molecule has 1 amide bonds. The van der Waals surface area contributed by atoms with Gasteiger partial charge in [-0.15, -0.1) is 0 Å². The molecule has 0 aliphatic heterocycles. The predicted molar refractivity (Wildman–Crippen MR) is 204 cm³/mol. The smallest absolute Gasteiger partial charge is 0.416 e. The second-order valence-electron chi connectivity index (χ2n) is 20.4. The van der Waals surface area contributed by atoms with Crippen LogP contribution in [0, 0.1) is 74.9 Å². The number of nitrogens with one attached hydrogen (secondary N) is 1. The molecule has 5 saturated carbocycles. The maximum atomic E-state index is 13.9. The van der Waals surface area contributed by atoms with Crippen LogP contribution in [0.4, 0.5) is 13.2 Å². The molecule has 1 aromatic carbocycles. The van der Waals surface area contributed by atoms with Gasteiger partial charge >= 0.3 is 12.1 Å². The lowest BCUT2D eigenvalue weighted by molar-refractivity contribution is -0.193. The number of benzene rings is 1. The highest BCUT2D eigenvalue weighted by molar-refractivity contribution is 6.01. The Labute approximate surface area is 325 Å². The van der Waals surface area contributed by atoms with E-state index in [4.69, 9.17) is 0 Å². The maximum Gasteiger partial charge on any atom is 0.416 e. The van der Waals surface area contributed by atoms with Crippen LogP contribution < -0.4 is 5.32 Å². The molecule has 2 N–H and O–H groups in total. The number of aliphatic carboxylic acids is 1. The first-order chi connectivity index (χ1) is 25.6. The summed E-state index contributed by atoms with van der Waals surface area (Å²) in [5.41, 5.74) is 1.77. The lowest BCUT2D eigenvalue weighted by Gasteiger charge is -2.69. The second kappa shape index (κ2) is 13.9. The van der Waals surface area contributed by atoms with E-state index in [1.165, 1.54) is 17.7 Å². The Morgan fingerprint density at radius 1 is 0.891 bits per heavy atom. The molecule has 0 saturated heterocycles. The van der Waals surface area contributed by atoms with Crippen molar-refractivity contribution >= 4 is 23.4 Å². The highest BCUT2D eigenvalue weighted by atomic mass is 19.4. The summed E-state index contributed by atoms with van der Waals surface area (Å²) in [6.07, 6.45) is 5.37. The van der Waals surface area contributed by atoms with Gasteiger partial charge < -0.3 is 10.4 Å². The van der Waals surface area contributed by atoms with Gasteiger partial charge in [0, 0.05) is 37.1 Å². The van der Waals surface area contributed by atoms with Gasteiger partial charge in [0.05, 0.1) is 11.5 Å². The molecule has 9 heteroatoms. The Hall–Kier alpha value is -2.97. The fourth-order valence-corrected chi connectivity index (χ4v) is 14.4. The van der Waals surface area contributed by atoms with Crippen molar-refractivity contribution in [1.82, 2.24) is 5.32 Å². The maximum absolute atomic E-state index is 13.9. The van der Waals surface area contributed by atoms with Crippen molar-refractivity contribution in [2.45, 2.75) is 138 Å². The van der Waals surface area contributed by atoms with Gasteiger partial charge in [-0.1, -0.05) is 66.2 Å².